The lowest BCUT2D eigenvalue weighted by Crippen LogP contribution is -2.18. The van der Waals surface area contributed by atoms with Crippen molar-refractivity contribution in [3.8, 4) is 11.4 Å². The molecule has 3 rings (SSSR count). The van der Waals surface area contributed by atoms with Gasteiger partial charge in [0.2, 0.25) is 11.1 Å². The Labute approximate surface area is 171 Å². The fourth-order valence-corrected chi connectivity index (χ4v) is 3.19. The molecule has 3 aromatic rings. The van der Waals surface area contributed by atoms with Crippen molar-refractivity contribution in [2.45, 2.75) is 12.1 Å². The topological polar surface area (TPSA) is 111 Å². The third kappa shape index (κ3) is 5.11. The molecule has 1 aromatic heterocycles. The van der Waals surface area contributed by atoms with Crippen molar-refractivity contribution in [1.29, 1.82) is 0 Å². The minimum absolute atomic E-state index is 0.119. The van der Waals surface area contributed by atoms with Crippen LogP contribution in [-0.4, -0.2) is 51.4 Å². The van der Waals surface area contributed by atoms with Gasteiger partial charge in [-0.3, -0.25) is 9.59 Å². The van der Waals surface area contributed by atoms with Crippen molar-refractivity contribution in [3.63, 3.8) is 0 Å². The van der Waals surface area contributed by atoms with Gasteiger partial charge in [-0.25, -0.2) is 0 Å². The van der Waals surface area contributed by atoms with E-state index in [4.69, 9.17) is 4.74 Å². The number of anilines is 1. The zero-order valence-electron chi connectivity index (χ0n) is 16.0. The Morgan fingerprint density at radius 2 is 1.90 bits per heavy atom. The van der Waals surface area contributed by atoms with Gasteiger partial charge in [-0.15, -0.1) is 5.10 Å². The summed E-state index contributed by atoms with van der Waals surface area (Å²) in [5.41, 5.74) is 1.82. The van der Waals surface area contributed by atoms with Crippen LogP contribution >= 0.6 is 11.8 Å². The molecule has 0 spiro atoms. The number of nitrogens with zero attached hydrogens (tertiary/aromatic N) is 4. The molecule has 9 nitrogen and oxygen atoms in total. The third-order valence-electron chi connectivity index (χ3n) is 3.82. The molecule has 0 radical (unpaired) electrons. The van der Waals surface area contributed by atoms with E-state index in [1.54, 1.807) is 36.0 Å². The zero-order valence-corrected chi connectivity index (χ0v) is 16.8. The molecule has 1 heterocycles. The zero-order chi connectivity index (χ0) is 20.6. The first-order valence-corrected chi connectivity index (χ1v) is 9.86. The Balaban J connectivity index is 1.63. The number of carbonyl (C=O) groups excluding carboxylic acids is 2. The number of hydrogen-bond donors (Lipinski definition) is 2. The van der Waals surface area contributed by atoms with Crippen LogP contribution in [0.2, 0.25) is 0 Å². The average Bonchev–Trinajstić information content (AvgIpc) is 3.21. The highest BCUT2D eigenvalue weighted by Gasteiger charge is 2.15. The number of carbonyl (C=O) groups is 2. The second kappa shape index (κ2) is 9.69. The molecular formula is C19H20N6O3S. The van der Waals surface area contributed by atoms with E-state index in [1.165, 1.54) is 11.8 Å². The van der Waals surface area contributed by atoms with E-state index in [2.05, 4.69) is 26.2 Å². The maximum atomic E-state index is 12.3. The molecule has 0 atom stereocenters. The van der Waals surface area contributed by atoms with E-state index in [0.717, 1.165) is 0 Å². The van der Waals surface area contributed by atoms with Crippen LogP contribution < -0.4 is 15.4 Å². The van der Waals surface area contributed by atoms with Gasteiger partial charge in [0.25, 0.3) is 5.91 Å². The molecule has 0 aliphatic carbocycles. The highest BCUT2D eigenvalue weighted by Crippen LogP contribution is 2.26. The second-order valence-corrected chi connectivity index (χ2v) is 6.71. The Morgan fingerprint density at radius 3 is 2.62 bits per heavy atom. The largest absolute Gasteiger partial charge is 0.492 e. The third-order valence-corrected chi connectivity index (χ3v) is 4.74. The highest BCUT2D eigenvalue weighted by atomic mass is 32.2. The van der Waals surface area contributed by atoms with Crippen LogP contribution in [0.3, 0.4) is 0 Å². The maximum Gasteiger partial charge on any atom is 0.251 e. The Morgan fingerprint density at radius 1 is 1.14 bits per heavy atom. The first kappa shape index (κ1) is 20.3. The molecule has 0 saturated carbocycles. The van der Waals surface area contributed by atoms with Crippen LogP contribution in [-0.2, 0) is 4.79 Å². The normalized spacial score (nSPS) is 10.4. The SMILES string of the molecule is CCOc1ccccc1-n1nnnc1SCC(=O)Nc1ccc(C(=O)NC)cc1. The number of para-hydroxylation sites is 2. The number of amides is 2. The smallest absolute Gasteiger partial charge is 0.251 e. The molecule has 0 saturated heterocycles. The number of nitrogens with one attached hydrogen (secondary N) is 2. The standard InChI is InChI=1S/C19H20N6O3S/c1-3-28-16-7-5-4-6-15(16)25-19(22-23-24-25)29-12-17(26)21-14-10-8-13(9-11-14)18(27)20-2/h4-11H,3,12H2,1-2H3,(H,20,27)(H,21,26). The predicted molar refractivity (Wildman–Crippen MR) is 110 cm³/mol. The van der Waals surface area contributed by atoms with Gasteiger partial charge in [0.1, 0.15) is 11.4 Å². The fourth-order valence-electron chi connectivity index (χ4n) is 2.51. The Bertz CT molecular complexity index is 990. The fraction of sp³-hybridized carbons (Fsp3) is 0.211. The van der Waals surface area contributed by atoms with Crippen LogP contribution in [0.1, 0.15) is 17.3 Å². The van der Waals surface area contributed by atoms with Crippen molar-refractivity contribution in [3.05, 3.63) is 54.1 Å². The Kier molecular flexibility index (Phi) is 6.80. The van der Waals surface area contributed by atoms with Crippen LogP contribution in [0.15, 0.2) is 53.7 Å². The summed E-state index contributed by atoms with van der Waals surface area (Å²) in [6.07, 6.45) is 0. The van der Waals surface area contributed by atoms with Crippen molar-refractivity contribution in [2.75, 3.05) is 24.7 Å². The van der Waals surface area contributed by atoms with E-state index in [0.29, 0.717) is 34.5 Å². The lowest BCUT2D eigenvalue weighted by Gasteiger charge is -2.10. The monoisotopic (exact) mass is 412 g/mol. The van der Waals surface area contributed by atoms with E-state index in [9.17, 15) is 9.59 Å². The van der Waals surface area contributed by atoms with Gasteiger partial charge in [0.05, 0.1) is 12.4 Å². The first-order chi connectivity index (χ1) is 14.1. The Hall–Kier alpha value is -3.40. The number of aromatic nitrogens is 4. The summed E-state index contributed by atoms with van der Waals surface area (Å²) in [5, 5.41) is 17.5. The molecule has 0 aliphatic rings. The first-order valence-electron chi connectivity index (χ1n) is 8.87. The molecule has 10 heteroatoms. The van der Waals surface area contributed by atoms with Gasteiger partial charge in [0.15, 0.2) is 0 Å². The van der Waals surface area contributed by atoms with E-state index < -0.39 is 0 Å². The molecule has 0 fully saturated rings. The molecule has 2 amide bonds. The van der Waals surface area contributed by atoms with E-state index >= 15 is 0 Å². The molecule has 2 aromatic carbocycles. The van der Waals surface area contributed by atoms with Crippen LogP contribution in [0.25, 0.3) is 5.69 Å². The molecule has 29 heavy (non-hydrogen) atoms. The predicted octanol–water partition coefficient (Wildman–Crippen LogP) is 2.15. The molecule has 0 bridgehead atoms. The van der Waals surface area contributed by atoms with Crippen LogP contribution in [0.5, 0.6) is 5.75 Å². The van der Waals surface area contributed by atoms with E-state index in [-0.39, 0.29) is 17.6 Å². The number of benzene rings is 2. The number of rotatable bonds is 8. The van der Waals surface area contributed by atoms with Crippen molar-refractivity contribution in [2.24, 2.45) is 0 Å². The van der Waals surface area contributed by atoms with Gasteiger partial charge >= 0.3 is 0 Å². The van der Waals surface area contributed by atoms with Crippen molar-refractivity contribution in [1.82, 2.24) is 25.5 Å². The lowest BCUT2D eigenvalue weighted by atomic mass is 10.2. The molecule has 0 aliphatic heterocycles. The number of thioether (sulfide) groups is 1. The van der Waals surface area contributed by atoms with Gasteiger partial charge < -0.3 is 15.4 Å². The van der Waals surface area contributed by atoms with Gasteiger partial charge in [-0.05, 0) is 53.7 Å². The number of ether oxygens (including phenoxy) is 1. The van der Waals surface area contributed by atoms with Crippen molar-refractivity contribution < 1.29 is 14.3 Å². The molecular weight excluding hydrogens is 392 g/mol. The minimum atomic E-state index is -0.213. The van der Waals surface area contributed by atoms with Crippen LogP contribution in [0.4, 0.5) is 5.69 Å². The van der Waals surface area contributed by atoms with E-state index in [1.807, 2.05) is 31.2 Å². The highest BCUT2D eigenvalue weighted by molar-refractivity contribution is 7.99. The van der Waals surface area contributed by atoms with Gasteiger partial charge in [-0.2, -0.15) is 4.68 Å². The molecule has 2 N–H and O–H groups in total. The summed E-state index contributed by atoms with van der Waals surface area (Å²) in [5.74, 6) is 0.381. The van der Waals surface area contributed by atoms with Crippen molar-refractivity contribution >= 4 is 29.3 Å². The summed E-state index contributed by atoms with van der Waals surface area (Å²) >= 11 is 1.21. The minimum Gasteiger partial charge on any atom is -0.492 e. The molecule has 150 valence electrons. The summed E-state index contributed by atoms with van der Waals surface area (Å²) in [7, 11) is 1.57. The summed E-state index contributed by atoms with van der Waals surface area (Å²) in [6.45, 7) is 2.42. The second-order valence-electron chi connectivity index (χ2n) is 5.77. The average molecular weight is 412 g/mol. The number of tetrazole rings is 1. The maximum absolute atomic E-state index is 12.3. The molecule has 0 unspecified atom stereocenters. The quantitative estimate of drug-likeness (QED) is 0.545. The number of hydrogen-bond acceptors (Lipinski definition) is 7. The summed E-state index contributed by atoms with van der Waals surface area (Å²) in [4.78, 5) is 23.8. The lowest BCUT2D eigenvalue weighted by molar-refractivity contribution is -0.113. The van der Waals surface area contributed by atoms with Gasteiger partial charge in [0, 0.05) is 18.3 Å². The van der Waals surface area contributed by atoms with Crippen LogP contribution in [0, 0.1) is 0 Å². The summed E-state index contributed by atoms with van der Waals surface area (Å²) in [6, 6.07) is 14.1. The summed E-state index contributed by atoms with van der Waals surface area (Å²) < 4.78 is 7.16. The van der Waals surface area contributed by atoms with Gasteiger partial charge in [-0.1, -0.05) is 23.9 Å².